The molecule has 0 aromatic rings. The van der Waals surface area contributed by atoms with Crippen molar-refractivity contribution in [2.75, 3.05) is 19.8 Å². The van der Waals surface area contributed by atoms with Crippen LogP contribution in [0.4, 0.5) is 0 Å². The van der Waals surface area contributed by atoms with Crippen LogP contribution < -0.4 is 0 Å². The minimum absolute atomic E-state index is 0.00238. The maximum atomic E-state index is 14.5. The molecule has 0 amide bonds. The number of hydrogen-bond acceptors (Lipinski definition) is 16. The van der Waals surface area contributed by atoms with Crippen molar-refractivity contribution in [2.45, 2.75) is 199 Å². The van der Waals surface area contributed by atoms with Gasteiger partial charge in [0.2, 0.25) is 6.29 Å². The largest absolute Gasteiger partial charge is 0.432 e. The van der Waals surface area contributed by atoms with E-state index in [9.17, 15) is 50.8 Å². The van der Waals surface area contributed by atoms with Crippen LogP contribution in [-0.4, -0.2) is 158 Å². The van der Waals surface area contributed by atoms with Gasteiger partial charge in [0.25, 0.3) is 0 Å². The monoisotopic (exact) mass is 882 g/mol. The van der Waals surface area contributed by atoms with Gasteiger partial charge in [-0.1, -0.05) is 60.1 Å². The van der Waals surface area contributed by atoms with Crippen LogP contribution in [0, 0.1) is 50.2 Å². The number of hydrogen-bond donors (Lipinski definition) is 9. The molecule has 62 heavy (non-hydrogen) atoms. The van der Waals surface area contributed by atoms with Crippen LogP contribution in [0.5, 0.6) is 0 Å². The van der Waals surface area contributed by atoms with Crippen LogP contribution >= 0.6 is 0 Å². The lowest BCUT2D eigenvalue weighted by molar-refractivity contribution is -0.351. The van der Waals surface area contributed by atoms with Gasteiger partial charge in [-0.3, -0.25) is 4.79 Å². The summed E-state index contributed by atoms with van der Waals surface area (Å²) in [6, 6.07) is 0. The summed E-state index contributed by atoms with van der Waals surface area (Å²) in [5.41, 5.74) is -0.103. The lowest BCUT2D eigenvalue weighted by Crippen LogP contribution is -2.66. The number of carbonyl (C=O) groups is 1. The van der Waals surface area contributed by atoms with Gasteiger partial charge in [0.1, 0.15) is 61.0 Å². The van der Waals surface area contributed by atoms with E-state index in [1.807, 2.05) is 0 Å². The van der Waals surface area contributed by atoms with E-state index in [1.54, 1.807) is 0 Å². The fourth-order valence-corrected chi connectivity index (χ4v) is 14.5. The molecule has 16 nitrogen and oxygen atoms in total. The molecule has 3 aliphatic heterocycles. The highest BCUT2D eigenvalue weighted by Crippen LogP contribution is 2.76. The van der Waals surface area contributed by atoms with Crippen molar-refractivity contribution in [3.63, 3.8) is 0 Å². The molecule has 3 heterocycles. The Morgan fingerprint density at radius 2 is 1.35 bits per heavy atom. The zero-order chi connectivity index (χ0) is 45.1. The van der Waals surface area contributed by atoms with Crippen molar-refractivity contribution in [1.82, 2.24) is 0 Å². The molecule has 9 N–H and O–H groups in total. The second kappa shape index (κ2) is 16.5. The third kappa shape index (κ3) is 7.28. The highest BCUT2D eigenvalue weighted by molar-refractivity contribution is 5.79. The van der Waals surface area contributed by atoms with E-state index in [2.05, 4.69) is 54.5 Å². The summed E-state index contributed by atoms with van der Waals surface area (Å²) >= 11 is 0. The summed E-state index contributed by atoms with van der Waals surface area (Å²) in [4.78, 5) is 14.5. The molecule has 0 aromatic heterocycles. The Bertz CT molecular complexity index is 1690. The Hall–Kier alpha value is -1.35. The molecule has 0 aromatic carbocycles. The minimum atomic E-state index is -1.67. The zero-order valence-corrected chi connectivity index (χ0v) is 37.5. The van der Waals surface area contributed by atoms with Gasteiger partial charge in [-0.15, -0.1) is 0 Å². The van der Waals surface area contributed by atoms with Gasteiger partial charge in [-0.25, -0.2) is 0 Å². The second-order valence-corrected chi connectivity index (χ2v) is 22.6. The first-order valence-corrected chi connectivity index (χ1v) is 23.1. The third-order valence-corrected chi connectivity index (χ3v) is 18.6. The van der Waals surface area contributed by atoms with Gasteiger partial charge in [0.15, 0.2) is 12.6 Å². The van der Waals surface area contributed by atoms with Crippen molar-refractivity contribution in [3.8, 4) is 0 Å². The van der Waals surface area contributed by atoms with E-state index in [0.717, 1.165) is 44.9 Å². The maximum Gasteiger partial charge on any atom is 0.315 e. The van der Waals surface area contributed by atoms with Gasteiger partial charge in [-0.05, 0) is 109 Å². The Kier molecular flexibility index (Phi) is 12.5. The molecular weight excluding hydrogens is 808 g/mol. The molecule has 0 spiro atoms. The molecule has 21 atom stereocenters. The SMILES string of the molecule is CC1(C)CC[C@@]2(C(=O)O[C@H]3OC[C@@H](O)[C@H](O)[C@@H]3O)CC[C@@]3(C)C(=CC[C@@H]4[C@@]5(C)CC[C@@H](O[C@H]6OC[C@@H](O[C@H]7O[C@@H](CO)[C@@H](O)[C@H](O)[C@H]7O)[C@H](O)[C@H]6O)C(C)(C)[C@@H]5CC[C@@]43C)[C@H]2C1. The highest BCUT2D eigenvalue weighted by Gasteiger charge is 2.70. The van der Waals surface area contributed by atoms with E-state index in [-0.39, 0.29) is 58.2 Å². The van der Waals surface area contributed by atoms with Gasteiger partial charge in [-0.2, -0.15) is 0 Å². The zero-order valence-electron chi connectivity index (χ0n) is 37.5. The number of aliphatic hydroxyl groups is 9. The smallest absolute Gasteiger partial charge is 0.315 e. The second-order valence-electron chi connectivity index (χ2n) is 22.6. The number of aliphatic hydroxyl groups excluding tert-OH is 9. The fourth-order valence-electron chi connectivity index (χ4n) is 14.5. The van der Waals surface area contributed by atoms with Gasteiger partial charge in [0.05, 0.1) is 31.3 Å². The molecular formula is C46H74O16. The molecule has 5 aliphatic carbocycles. The molecule has 8 aliphatic rings. The lowest BCUT2D eigenvalue weighted by atomic mass is 9.33. The summed E-state index contributed by atoms with van der Waals surface area (Å²) in [6.07, 6.45) is -8.16. The van der Waals surface area contributed by atoms with Crippen LogP contribution in [-0.2, 0) is 33.2 Å². The molecule has 16 heteroatoms. The van der Waals surface area contributed by atoms with Crippen molar-refractivity contribution in [1.29, 1.82) is 0 Å². The first-order chi connectivity index (χ1) is 29.0. The first-order valence-electron chi connectivity index (χ1n) is 23.1. The molecule has 8 rings (SSSR count). The number of rotatable bonds is 7. The molecule has 354 valence electrons. The van der Waals surface area contributed by atoms with E-state index in [4.69, 9.17) is 28.4 Å². The molecule has 0 unspecified atom stereocenters. The third-order valence-electron chi connectivity index (χ3n) is 18.6. The number of esters is 1. The highest BCUT2D eigenvalue weighted by atomic mass is 16.7. The van der Waals surface area contributed by atoms with E-state index >= 15 is 0 Å². The predicted octanol–water partition coefficient (Wildman–Crippen LogP) is 1.42. The average Bonchev–Trinajstić information content (AvgIpc) is 3.21. The number of carbonyl (C=O) groups excluding carboxylic acids is 1. The topological polar surface area (TPSA) is 255 Å². The molecule has 4 saturated carbocycles. The number of fused-ring (bicyclic) bond motifs is 7. The number of ether oxygens (including phenoxy) is 6. The first kappa shape index (κ1) is 47.2. The summed E-state index contributed by atoms with van der Waals surface area (Å²) in [5.74, 6) is 0.154. The van der Waals surface area contributed by atoms with Crippen molar-refractivity contribution >= 4 is 5.97 Å². The summed E-state index contributed by atoms with van der Waals surface area (Å²) in [5, 5.41) is 94.0. The van der Waals surface area contributed by atoms with Crippen molar-refractivity contribution in [2.24, 2.45) is 50.2 Å². The molecule has 0 radical (unpaired) electrons. The maximum absolute atomic E-state index is 14.5. The Morgan fingerprint density at radius 3 is 2.06 bits per heavy atom. The van der Waals surface area contributed by atoms with Crippen LogP contribution in [0.25, 0.3) is 0 Å². The molecule has 0 bridgehead atoms. The van der Waals surface area contributed by atoms with Gasteiger partial charge >= 0.3 is 5.97 Å². The molecule has 7 fully saturated rings. The predicted molar refractivity (Wildman–Crippen MR) is 218 cm³/mol. The van der Waals surface area contributed by atoms with Crippen LogP contribution in [0.15, 0.2) is 11.6 Å². The normalized spacial score (nSPS) is 53.5. The van der Waals surface area contributed by atoms with Crippen LogP contribution in [0.3, 0.4) is 0 Å². The summed E-state index contributed by atoms with van der Waals surface area (Å²) in [6.45, 7) is 15.3. The van der Waals surface area contributed by atoms with E-state index < -0.39 is 97.9 Å². The van der Waals surface area contributed by atoms with Crippen molar-refractivity contribution < 1.29 is 79.2 Å². The van der Waals surface area contributed by atoms with E-state index in [0.29, 0.717) is 25.2 Å². The van der Waals surface area contributed by atoms with Gasteiger partial charge in [0, 0.05) is 0 Å². The van der Waals surface area contributed by atoms with Crippen LogP contribution in [0.1, 0.15) is 113 Å². The Morgan fingerprint density at radius 1 is 0.694 bits per heavy atom. The van der Waals surface area contributed by atoms with Gasteiger partial charge < -0.3 is 74.4 Å². The van der Waals surface area contributed by atoms with Crippen molar-refractivity contribution in [3.05, 3.63) is 11.6 Å². The van der Waals surface area contributed by atoms with Crippen LogP contribution in [0.2, 0.25) is 0 Å². The lowest BCUT2D eigenvalue weighted by Gasteiger charge is -2.71. The number of allylic oxidation sites excluding steroid dienone is 2. The quantitative estimate of drug-likeness (QED) is 0.0996. The Labute approximate surface area is 364 Å². The molecule has 3 saturated heterocycles. The standard InChI is InChI=1S/C46H74O16/c1-41(2)14-16-46(40(56)62-38-34(53)30(49)24(48)20-57-38)17-15-44(6)22(23(46)18-41)8-9-28-43(5)12-11-29(42(3,4)27(43)10-13-45(28,44)7)61-37-35(54)32(51)26(21-58-37)60-39-36(55)33(52)31(50)25(19-47)59-39/h8,23-39,47-55H,9-21H2,1-7H3/t23-,24-,25+,26-,27+,28-,29-,30+,31-,32+,33+,34+,35-,36-,37-,38-,39-,43+,44+,45+,46-/m1/s1. The van der Waals surface area contributed by atoms with E-state index in [1.165, 1.54) is 5.57 Å². The summed E-state index contributed by atoms with van der Waals surface area (Å²) in [7, 11) is 0. The fraction of sp³-hybridized carbons (Fsp3) is 0.935. The Balaban J connectivity index is 0.978. The average molecular weight is 883 g/mol. The minimum Gasteiger partial charge on any atom is -0.432 e. The summed E-state index contributed by atoms with van der Waals surface area (Å²) < 4.78 is 35.3.